The fourth-order valence-corrected chi connectivity index (χ4v) is 1.14. The van der Waals surface area contributed by atoms with Crippen LogP contribution in [-0.4, -0.2) is 0 Å². The summed E-state index contributed by atoms with van der Waals surface area (Å²) in [5, 5.41) is 0.856. The van der Waals surface area contributed by atoms with Crippen molar-refractivity contribution in [1.82, 2.24) is 0 Å². The van der Waals surface area contributed by atoms with Crippen molar-refractivity contribution in [2.75, 3.05) is 0 Å². The molecule has 0 spiro atoms. The molecule has 0 aliphatic heterocycles. The predicted molar refractivity (Wildman–Crippen MR) is 50.3 cm³/mol. The third-order valence-corrected chi connectivity index (χ3v) is 2.27. The molecule has 0 aromatic heterocycles. The first kappa shape index (κ1) is 8.61. The number of hydrogen-bond donors (Lipinski definition) is 0. The van der Waals surface area contributed by atoms with Crippen LogP contribution in [0.1, 0.15) is 30.9 Å². The molecule has 0 unspecified atom stereocenters. The van der Waals surface area contributed by atoms with Crippen LogP contribution < -0.4 is 0 Å². The minimum atomic E-state index is 0.589. The Morgan fingerprint density at radius 3 is 2.36 bits per heavy atom. The quantitative estimate of drug-likeness (QED) is 0.599. The van der Waals surface area contributed by atoms with E-state index in [4.69, 9.17) is 11.6 Å². The van der Waals surface area contributed by atoms with Crippen molar-refractivity contribution >= 4 is 11.6 Å². The van der Waals surface area contributed by atoms with E-state index in [0.29, 0.717) is 5.92 Å². The average Bonchev–Trinajstić information content (AvgIpc) is 1.94. The zero-order valence-corrected chi connectivity index (χ0v) is 7.94. The standard InChI is InChI=1S/C10H13Cl/c1-7(2)9-4-5-10(11)8(3)6-9/h4-7H,1-3H3. The van der Waals surface area contributed by atoms with Gasteiger partial charge in [0.2, 0.25) is 0 Å². The van der Waals surface area contributed by atoms with Crippen molar-refractivity contribution in [3.8, 4) is 0 Å². The van der Waals surface area contributed by atoms with E-state index in [0.717, 1.165) is 10.6 Å². The molecule has 0 saturated heterocycles. The van der Waals surface area contributed by atoms with Crippen LogP contribution in [0.15, 0.2) is 18.2 Å². The molecule has 0 fully saturated rings. The minimum absolute atomic E-state index is 0.589. The Morgan fingerprint density at radius 2 is 1.91 bits per heavy atom. The first-order chi connectivity index (χ1) is 5.11. The van der Waals surface area contributed by atoms with Crippen LogP contribution in [0.3, 0.4) is 0 Å². The van der Waals surface area contributed by atoms with Gasteiger partial charge in [-0.15, -0.1) is 0 Å². The molecule has 0 radical (unpaired) electrons. The minimum Gasteiger partial charge on any atom is -0.0841 e. The van der Waals surface area contributed by atoms with Gasteiger partial charge in [-0.2, -0.15) is 0 Å². The number of hydrogen-bond acceptors (Lipinski definition) is 0. The van der Waals surface area contributed by atoms with E-state index in [1.165, 1.54) is 5.56 Å². The summed E-state index contributed by atoms with van der Waals surface area (Å²) in [7, 11) is 0. The van der Waals surface area contributed by atoms with E-state index < -0.39 is 0 Å². The predicted octanol–water partition coefficient (Wildman–Crippen LogP) is 3.77. The molecule has 0 saturated carbocycles. The zero-order chi connectivity index (χ0) is 8.43. The Bertz CT molecular complexity index is 251. The molecular formula is C10H13Cl. The first-order valence-corrected chi connectivity index (χ1v) is 4.25. The SMILES string of the molecule is Cc1cc(C(C)C)ccc1Cl. The summed E-state index contributed by atoms with van der Waals surface area (Å²) in [6, 6.07) is 6.19. The maximum atomic E-state index is 5.89. The van der Waals surface area contributed by atoms with Crippen molar-refractivity contribution in [2.45, 2.75) is 26.7 Å². The first-order valence-electron chi connectivity index (χ1n) is 3.87. The third-order valence-electron chi connectivity index (χ3n) is 1.85. The van der Waals surface area contributed by atoms with Gasteiger partial charge in [0, 0.05) is 5.02 Å². The summed E-state index contributed by atoms with van der Waals surface area (Å²) in [6.45, 7) is 6.40. The van der Waals surface area contributed by atoms with Crippen LogP contribution in [-0.2, 0) is 0 Å². The molecule has 11 heavy (non-hydrogen) atoms. The molecule has 0 N–H and O–H groups in total. The molecule has 0 aliphatic rings. The Morgan fingerprint density at radius 1 is 1.27 bits per heavy atom. The molecule has 1 heteroatoms. The highest BCUT2D eigenvalue weighted by molar-refractivity contribution is 6.31. The largest absolute Gasteiger partial charge is 0.0841 e. The summed E-state index contributed by atoms with van der Waals surface area (Å²) in [4.78, 5) is 0. The lowest BCUT2D eigenvalue weighted by Gasteiger charge is -2.06. The number of aryl methyl sites for hydroxylation is 1. The van der Waals surface area contributed by atoms with Gasteiger partial charge in [-0.25, -0.2) is 0 Å². The molecule has 1 aromatic carbocycles. The number of halogens is 1. The van der Waals surface area contributed by atoms with E-state index >= 15 is 0 Å². The maximum Gasteiger partial charge on any atom is 0.0435 e. The summed E-state index contributed by atoms with van der Waals surface area (Å²) < 4.78 is 0. The van der Waals surface area contributed by atoms with Crippen LogP contribution in [0.2, 0.25) is 5.02 Å². The van der Waals surface area contributed by atoms with Crippen molar-refractivity contribution in [3.63, 3.8) is 0 Å². The Balaban J connectivity index is 3.05. The Kier molecular flexibility index (Phi) is 2.56. The van der Waals surface area contributed by atoms with Crippen molar-refractivity contribution in [2.24, 2.45) is 0 Å². The van der Waals surface area contributed by atoms with Crippen molar-refractivity contribution in [1.29, 1.82) is 0 Å². The summed E-state index contributed by atoms with van der Waals surface area (Å²) >= 11 is 5.89. The van der Waals surface area contributed by atoms with Gasteiger partial charge in [-0.05, 0) is 30.0 Å². The molecule has 0 nitrogen and oxygen atoms in total. The normalized spacial score (nSPS) is 10.6. The molecule has 60 valence electrons. The molecule has 1 aromatic rings. The summed E-state index contributed by atoms with van der Waals surface area (Å²) in [5.74, 6) is 0.589. The van der Waals surface area contributed by atoms with Crippen LogP contribution in [0, 0.1) is 6.92 Å². The Labute approximate surface area is 73.2 Å². The van der Waals surface area contributed by atoms with E-state index in [2.05, 4.69) is 26.0 Å². The van der Waals surface area contributed by atoms with Gasteiger partial charge in [-0.1, -0.05) is 37.6 Å². The van der Waals surface area contributed by atoms with Crippen LogP contribution >= 0.6 is 11.6 Å². The summed E-state index contributed by atoms with van der Waals surface area (Å²) in [5.41, 5.74) is 2.52. The van der Waals surface area contributed by atoms with Crippen LogP contribution in [0.5, 0.6) is 0 Å². The second kappa shape index (κ2) is 3.27. The monoisotopic (exact) mass is 168 g/mol. The smallest absolute Gasteiger partial charge is 0.0435 e. The van der Waals surface area contributed by atoms with E-state index in [-0.39, 0.29) is 0 Å². The highest BCUT2D eigenvalue weighted by atomic mass is 35.5. The zero-order valence-electron chi connectivity index (χ0n) is 7.19. The topological polar surface area (TPSA) is 0 Å². The highest BCUT2D eigenvalue weighted by Crippen LogP contribution is 2.21. The lowest BCUT2D eigenvalue weighted by molar-refractivity contribution is 0.865. The van der Waals surface area contributed by atoms with Crippen LogP contribution in [0.25, 0.3) is 0 Å². The fraction of sp³-hybridized carbons (Fsp3) is 0.400. The van der Waals surface area contributed by atoms with Gasteiger partial charge in [0.05, 0.1) is 0 Å². The van der Waals surface area contributed by atoms with Gasteiger partial charge >= 0.3 is 0 Å². The van der Waals surface area contributed by atoms with Crippen molar-refractivity contribution < 1.29 is 0 Å². The average molecular weight is 169 g/mol. The second-order valence-corrected chi connectivity index (χ2v) is 3.57. The lowest BCUT2D eigenvalue weighted by atomic mass is 10.0. The molecule has 0 heterocycles. The number of rotatable bonds is 1. The molecule has 0 amide bonds. The van der Waals surface area contributed by atoms with Gasteiger partial charge in [-0.3, -0.25) is 0 Å². The molecular weight excluding hydrogens is 156 g/mol. The van der Waals surface area contributed by atoms with E-state index in [1.54, 1.807) is 0 Å². The van der Waals surface area contributed by atoms with Gasteiger partial charge < -0.3 is 0 Å². The van der Waals surface area contributed by atoms with Gasteiger partial charge in [0.25, 0.3) is 0 Å². The lowest BCUT2D eigenvalue weighted by Crippen LogP contribution is -1.87. The van der Waals surface area contributed by atoms with Crippen LogP contribution in [0.4, 0.5) is 0 Å². The second-order valence-electron chi connectivity index (χ2n) is 3.16. The van der Waals surface area contributed by atoms with E-state index in [9.17, 15) is 0 Å². The molecule has 0 aliphatic carbocycles. The summed E-state index contributed by atoms with van der Waals surface area (Å²) in [6.07, 6.45) is 0. The van der Waals surface area contributed by atoms with Gasteiger partial charge in [0.1, 0.15) is 0 Å². The highest BCUT2D eigenvalue weighted by Gasteiger charge is 2.00. The third kappa shape index (κ3) is 1.97. The molecule has 0 bridgehead atoms. The maximum absolute atomic E-state index is 5.89. The van der Waals surface area contributed by atoms with Crippen molar-refractivity contribution in [3.05, 3.63) is 34.3 Å². The Hall–Kier alpha value is -0.490. The van der Waals surface area contributed by atoms with Gasteiger partial charge in [0.15, 0.2) is 0 Å². The number of benzene rings is 1. The molecule has 1 rings (SSSR count). The van der Waals surface area contributed by atoms with E-state index in [1.807, 2.05) is 13.0 Å². The fourth-order valence-electron chi connectivity index (χ4n) is 1.03. The molecule has 0 atom stereocenters.